The maximum atomic E-state index is 13.7. The quantitative estimate of drug-likeness (QED) is 0.222. The maximum Gasteiger partial charge on any atom is 0.377 e. The molecule has 4 nitrogen and oxygen atoms in total. The molecule has 0 amide bonds. The Labute approximate surface area is 210 Å². The van der Waals surface area contributed by atoms with Gasteiger partial charge in [-0.3, -0.25) is 0 Å². The highest BCUT2D eigenvalue weighted by molar-refractivity contribution is 7.88. The molecular weight excluding hydrogens is 494 g/mol. The number of alkyl halides is 2. The van der Waals surface area contributed by atoms with Crippen LogP contribution in [-0.2, 0) is 10.1 Å². The summed E-state index contributed by atoms with van der Waals surface area (Å²) in [6.45, 7) is 0.294. The molecule has 1 aromatic heterocycles. The molecular formula is C30H18F2O4S. The van der Waals surface area contributed by atoms with Crippen molar-refractivity contribution in [2.75, 3.05) is 0 Å². The lowest BCUT2D eigenvalue weighted by Crippen LogP contribution is -2.29. The van der Waals surface area contributed by atoms with Crippen LogP contribution >= 0.6 is 0 Å². The number of hydrogen-bond donors (Lipinski definition) is 0. The summed E-state index contributed by atoms with van der Waals surface area (Å²) in [5.74, 6) is -0.203. The Morgan fingerprint density at radius 3 is 2.11 bits per heavy atom. The van der Waals surface area contributed by atoms with Gasteiger partial charge in [-0.2, -0.15) is 17.2 Å². The highest BCUT2D eigenvalue weighted by atomic mass is 32.2. The van der Waals surface area contributed by atoms with E-state index in [1.165, 1.54) is 39.8 Å². The normalized spacial score (nSPS) is 12.9. The molecule has 0 spiro atoms. The molecule has 0 bridgehead atoms. The van der Waals surface area contributed by atoms with Gasteiger partial charge in [0, 0.05) is 12.3 Å². The van der Waals surface area contributed by atoms with Crippen molar-refractivity contribution in [1.29, 1.82) is 0 Å². The predicted molar refractivity (Wildman–Crippen MR) is 141 cm³/mol. The van der Waals surface area contributed by atoms with E-state index in [0.717, 1.165) is 16.5 Å². The lowest BCUT2D eigenvalue weighted by molar-refractivity contribution is 0.104. The van der Waals surface area contributed by atoms with Crippen molar-refractivity contribution in [3.8, 4) is 39.1 Å². The first-order chi connectivity index (χ1) is 17.7. The topological polar surface area (TPSA) is 56.5 Å². The van der Waals surface area contributed by atoms with Gasteiger partial charge in [-0.05, 0) is 68.4 Å². The van der Waals surface area contributed by atoms with Crippen LogP contribution < -0.4 is 4.18 Å². The molecule has 0 radical (unpaired) electrons. The third-order valence-corrected chi connectivity index (χ3v) is 8.23. The molecule has 1 aliphatic carbocycles. The van der Waals surface area contributed by atoms with Crippen LogP contribution in [0.2, 0.25) is 0 Å². The second-order valence-corrected chi connectivity index (χ2v) is 11.0. The Morgan fingerprint density at radius 1 is 0.676 bits per heavy atom. The number of hydrogen-bond acceptors (Lipinski definition) is 4. The third-order valence-electron chi connectivity index (χ3n) is 6.95. The average Bonchev–Trinajstić information content (AvgIpc) is 3.41. The summed E-state index contributed by atoms with van der Waals surface area (Å²) in [4.78, 5) is 0. The molecule has 7 rings (SSSR count). The van der Waals surface area contributed by atoms with E-state index >= 15 is 0 Å². The number of benzene rings is 5. The second-order valence-electron chi connectivity index (χ2n) is 9.22. The predicted octanol–water partition coefficient (Wildman–Crippen LogP) is 8.37. The van der Waals surface area contributed by atoms with E-state index in [0.29, 0.717) is 28.9 Å². The molecule has 5 aromatic carbocycles. The molecule has 0 atom stereocenters. The summed E-state index contributed by atoms with van der Waals surface area (Å²) in [6, 6.07) is 28.9. The van der Waals surface area contributed by atoms with Crippen LogP contribution in [0.4, 0.5) is 8.78 Å². The molecule has 0 saturated heterocycles. The zero-order valence-electron chi connectivity index (χ0n) is 19.5. The fraction of sp³-hybridized carbons (Fsp3) is 0.0667. The zero-order chi connectivity index (χ0) is 25.5. The molecule has 6 aromatic rings. The van der Waals surface area contributed by atoms with Gasteiger partial charge in [0.25, 0.3) is 0 Å². The van der Waals surface area contributed by atoms with Crippen LogP contribution in [0, 0.1) is 0 Å². The number of rotatable bonds is 4. The number of halogens is 2. The van der Waals surface area contributed by atoms with Crippen molar-refractivity contribution in [3.63, 3.8) is 0 Å². The van der Waals surface area contributed by atoms with E-state index in [1.54, 1.807) is 12.1 Å². The minimum Gasteiger partial charge on any atom is -0.456 e. The van der Waals surface area contributed by atoms with E-state index < -0.39 is 15.4 Å². The van der Waals surface area contributed by atoms with E-state index in [2.05, 4.69) is 36.4 Å². The van der Waals surface area contributed by atoms with Gasteiger partial charge in [0.2, 0.25) is 0 Å². The third kappa shape index (κ3) is 3.13. The van der Waals surface area contributed by atoms with Crippen LogP contribution in [0.25, 0.3) is 66.1 Å². The van der Waals surface area contributed by atoms with Crippen molar-refractivity contribution in [2.24, 2.45) is 0 Å². The summed E-state index contributed by atoms with van der Waals surface area (Å²) >= 11 is 0. The molecule has 0 fully saturated rings. The van der Waals surface area contributed by atoms with Crippen molar-refractivity contribution in [1.82, 2.24) is 0 Å². The molecule has 1 aliphatic rings. The lowest BCUT2D eigenvalue weighted by atomic mass is 9.93. The summed E-state index contributed by atoms with van der Waals surface area (Å²) in [5.41, 5.74) is 7.48. The van der Waals surface area contributed by atoms with Gasteiger partial charge in [0.15, 0.2) is 5.75 Å². The van der Waals surface area contributed by atoms with Crippen LogP contribution in [0.3, 0.4) is 0 Å². The standard InChI is InChI=1S/C30H18F2O4S/c1-30(31,32)37(33,34)36-27-11-5-10-26-29(27)24-16-17(12-15-25(24)35-26)18-13-14-23-20-7-3-2-6-19(20)22-9-4-8-21(18)28(22)23/h2-16H,1H3. The summed E-state index contributed by atoms with van der Waals surface area (Å²) in [7, 11) is -5.18. The van der Waals surface area contributed by atoms with Crippen molar-refractivity contribution < 1.29 is 25.8 Å². The Hall–Kier alpha value is -4.23. The fourth-order valence-electron chi connectivity index (χ4n) is 5.28. The molecule has 1 heterocycles. The maximum absolute atomic E-state index is 13.7. The van der Waals surface area contributed by atoms with Crippen molar-refractivity contribution >= 4 is 42.8 Å². The highest BCUT2D eigenvalue weighted by Gasteiger charge is 2.42. The molecule has 0 saturated carbocycles. The van der Waals surface area contributed by atoms with Crippen LogP contribution in [0.1, 0.15) is 6.92 Å². The number of fused-ring (bicyclic) bond motifs is 6. The van der Waals surface area contributed by atoms with Crippen LogP contribution in [0.5, 0.6) is 5.75 Å². The van der Waals surface area contributed by atoms with Gasteiger partial charge in [-0.1, -0.05) is 66.7 Å². The molecule has 0 aliphatic heterocycles. The largest absolute Gasteiger partial charge is 0.456 e. The fourth-order valence-corrected chi connectivity index (χ4v) is 5.80. The van der Waals surface area contributed by atoms with E-state index in [1.807, 2.05) is 30.3 Å². The van der Waals surface area contributed by atoms with Gasteiger partial charge < -0.3 is 8.60 Å². The Morgan fingerprint density at radius 2 is 1.35 bits per heavy atom. The molecule has 37 heavy (non-hydrogen) atoms. The summed E-state index contributed by atoms with van der Waals surface area (Å²) in [5, 5.41) is -0.890. The van der Waals surface area contributed by atoms with Gasteiger partial charge in [-0.25, -0.2) is 0 Å². The van der Waals surface area contributed by atoms with Crippen molar-refractivity contribution in [2.45, 2.75) is 12.2 Å². The Balaban J connectivity index is 1.45. The van der Waals surface area contributed by atoms with Gasteiger partial charge in [0.1, 0.15) is 11.2 Å². The Bertz CT molecular complexity index is 1990. The minimum absolute atomic E-state index is 0.203. The average molecular weight is 513 g/mol. The molecule has 0 N–H and O–H groups in total. The number of furan rings is 1. The molecule has 182 valence electrons. The molecule has 0 unspecified atom stereocenters. The first-order valence-electron chi connectivity index (χ1n) is 11.7. The van der Waals surface area contributed by atoms with Gasteiger partial charge in [-0.15, -0.1) is 0 Å². The molecule has 7 heteroatoms. The lowest BCUT2D eigenvalue weighted by Gasteiger charge is -2.13. The van der Waals surface area contributed by atoms with E-state index in [-0.39, 0.29) is 5.75 Å². The first kappa shape index (κ1) is 22.0. The summed E-state index contributed by atoms with van der Waals surface area (Å²) in [6.07, 6.45) is 0. The Kier molecular flexibility index (Phi) is 4.40. The summed E-state index contributed by atoms with van der Waals surface area (Å²) < 4.78 is 62.4. The van der Waals surface area contributed by atoms with Crippen LogP contribution in [-0.4, -0.2) is 13.7 Å². The minimum atomic E-state index is -5.18. The SMILES string of the molecule is CC(F)(F)S(=O)(=O)Oc1cccc2oc3ccc(-c4ccc5c6c(cccc46)-c4ccccc4-5)cc3c12. The smallest absolute Gasteiger partial charge is 0.377 e. The second kappa shape index (κ2) is 7.40. The first-order valence-corrected chi connectivity index (χ1v) is 13.1. The van der Waals surface area contributed by atoms with Crippen molar-refractivity contribution in [3.05, 3.63) is 91.0 Å². The van der Waals surface area contributed by atoms with Gasteiger partial charge >= 0.3 is 15.4 Å². The van der Waals surface area contributed by atoms with Crippen LogP contribution in [0.15, 0.2) is 95.4 Å². The van der Waals surface area contributed by atoms with E-state index in [4.69, 9.17) is 8.60 Å². The monoisotopic (exact) mass is 512 g/mol. The highest BCUT2D eigenvalue weighted by Crippen LogP contribution is 2.49. The van der Waals surface area contributed by atoms with E-state index in [9.17, 15) is 17.2 Å². The van der Waals surface area contributed by atoms with Gasteiger partial charge in [0.05, 0.1) is 5.39 Å². The zero-order valence-corrected chi connectivity index (χ0v) is 20.3.